The van der Waals surface area contributed by atoms with E-state index in [4.69, 9.17) is 14.2 Å². The summed E-state index contributed by atoms with van der Waals surface area (Å²) in [5.41, 5.74) is 3.19. The molecule has 3 aliphatic heterocycles. The Morgan fingerprint density at radius 2 is 1.94 bits per heavy atom. The molecule has 200 valence electrons. The van der Waals surface area contributed by atoms with Crippen LogP contribution in [0.4, 0.5) is 0 Å². The first kappa shape index (κ1) is 27.5. The van der Waals surface area contributed by atoms with Gasteiger partial charge in [-0.15, -0.1) is 11.8 Å². The summed E-state index contributed by atoms with van der Waals surface area (Å²) in [7, 11) is 0. The van der Waals surface area contributed by atoms with E-state index in [1.54, 1.807) is 0 Å². The first-order chi connectivity index (χ1) is 17.3. The lowest BCUT2D eigenvalue weighted by Crippen LogP contribution is -2.37. The highest BCUT2D eigenvalue weighted by molar-refractivity contribution is 8.08. The fraction of sp³-hybridized carbons (Fsp3) is 0.700. The van der Waals surface area contributed by atoms with Gasteiger partial charge in [0.15, 0.2) is 0 Å². The van der Waals surface area contributed by atoms with E-state index in [0.717, 1.165) is 62.8 Å². The number of benzene rings is 1. The molecule has 0 amide bonds. The zero-order chi connectivity index (χ0) is 25.7. The van der Waals surface area contributed by atoms with Crippen LogP contribution >= 0.6 is 11.8 Å². The molecule has 1 aromatic rings. The molecule has 0 bridgehead atoms. The van der Waals surface area contributed by atoms with E-state index in [-0.39, 0.29) is 11.6 Å². The van der Waals surface area contributed by atoms with Crippen LogP contribution in [0.1, 0.15) is 96.6 Å². The van der Waals surface area contributed by atoms with E-state index >= 15 is 0 Å². The fourth-order valence-electron chi connectivity index (χ4n) is 5.59. The van der Waals surface area contributed by atoms with Gasteiger partial charge in [0, 0.05) is 30.2 Å². The van der Waals surface area contributed by atoms with Gasteiger partial charge in [-0.2, -0.15) is 0 Å². The maximum absolute atomic E-state index is 13.0. The van der Waals surface area contributed by atoms with Crippen molar-refractivity contribution in [3.63, 3.8) is 0 Å². The van der Waals surface area contributed by atoms with Gasteiger partial charge in [0.25, 0.3) is 0 Å². The van der Waals surface area contributed by atoms with Crippen LogP contribution in [-0.2, 0) is 9.53 Å². The smallest absolute Gasteiger partial charge is 0.311 e. The Kier molecular flexibility index (Phi) is 9.45. The van der Waals surface area contributed by atoms with Gasteiger partial charge in [-0.1, -0.05) is 46.5 Å². The molecule has 0 N–H and O–H groups in total. The van der Waals surface area contributed by atoms with Crippen LogP contribution < -0.4 is 9.47 Å². The van der Waals surface area contributed by atoms with Crippen molar-refractivity contribution in [2.75, 3.05) is 38.6 Å². The molecule has 3 heterocycles. The topological polar surface area (TPSA) is 48.0 Å². The molecule has 0 radical (unpaired) electrons. The summed E-state index contributed by atoms with van der Waals surface area (Å²) in [6.45, 7) is 15.6. The van der Waals surface area contributed by atoms with Crippen molar-refractivity contribution in [2.45, 2.75) is 91.1 Å². The van der Waals surface area contributed by atoms with Crippen molar-refractivity contribution in [2.24, 2.45) is 5.92 Å². The molecule has 1 saturated heterocycles. The molecule has 2 atom stereocenters. The van der Waals surface area contributed by atoms with Crippen LogP contribution in [0.15, 0.2) is 17.7 Å². The van der Waals surface area contributed by atoms with Crippen molar-refractivity contribution in [1.29, 1.82) is 0 Å². The summed E-state index contributed by atoms with van der Waals surface area (Å²) in [5, 5.41) is 0. The molecule has 6 heteroatoms. The second-order valence-electron chi connectivity index (χ2n) is 11.2. The first-order valence-corrected chi connectivity index (χ1v) is 15.0. The van der Waals surface area contributed by atoms with Crippen molar-refractivity contribution >= 4 is 22.6 Å². The Labute approximate surface area is 222 Å². The molecule has 0 aliphatic carbocycles. The largest absolute Gasteiger partial charge is 0.483 e. The van der Waals surface area contributed by atoms with Gasteiger partial charge in [0.1, 0.15) is 17.1 Å². The average Bonchev–Trinajstić information content (AvgIpc) is 3.35. The highest BCUT2D eigenvalue weighted by atomic mass is 32.2. The zero-order valence-corrected chi connectivity index (χ0v) is 23.8. The van der Waals surface area contributed by atoms with Gasteiger partial charge in [-0.3, -0.25) is 9.69 Å². The number of ether oxygens (including phenoxy) is 3. The maximum atomic E-state index is 13.0. The van der Waals surface area contributed by atoms with Gasteiger partial charge in [0.05, 0.1) is 18.8 Å². The lowest BCUT2D eigenvalue weighted by Gasteiger charge is -2.35. The SMILES string of the molecule is CCCCCC(C)C(C)c1cc(OC(=O)CCCN2CCOCC2)c2c(c1)OC(C)(C)C1=C2SCC1. The summed E-state index contributed by atoms with van der Waals surface area (Å²) in [4.78, 5) is 16.6. The molecule has 4 rings (SSSR count). The van der Waals surface area contributed by atoms with Gasteiger partial charge < -0.3 is 14.2 Å². The maximum Gasteiger partial charge on any atom is 0.311 e. The number of hydrogen-bond acceptors (Lipinski definition) is 6. The number of rotatable bonds is 11. The molecular formula is C30H45NO4S. The van der Waals surface area contributed by atoms with Gasteiger partial charge in [0.2, 0.25) is 0 Å². The van der Waals surface area contributed by atoms with Crippen LogP contribution in [-0.4, -0.2) is 55.1 Å². The summed E-state index contributed by atoms with van der Waals surface area (Å²) in [6.07, 6.45) is 7.23. The second-order valence-corrected chi connectivity index (χ2v) is 12.3. The van der Waals surface area contributed by atoms with Crippen molar-refractivity contribution in [1.82, 2.24) is 4.90 Å². The average molecular weight is 516 g/mol. The summed E-state index contributed by atoms with van der Waals surface area (Å²) in [5.74, 6) is 3.37. The number of fused-ring (bicyclic) bond motifs is 2. The standard InChI is InChI=1S/C30H45NO4S/c1-6-7-8-10-21(2)22(3)23-19-25(34-27(32)11-9-13-31-14-16-33-17-15-31)28-26(20-23)35-30(4,5)24-12-18-36-29(24)28/h19-22H,6-18H2,1-5H3. The Morgan fingerprint density at radius 3 is 2.69 bits per heavy atom. The third-order valence-corrected chi connectivity index (χ3v) is 9.25. The van der Waals surface area contributed by atoms with E-state index in [2.05, 4.69) is 51.7 Å². The highest BCUT2D eigenvalue weighted by Gasteiger charge is 2.40. The van der Waals surface area contributed by atoms with Crippen molar-refractivity contribution < 1.29 is 19.0 Å². The molecule has 1 fully saturated rings. The van der Waals surface area contributed by atoms with Crippen LogP contribution in [0.2, 0.25) is 0 Å². The predicted octanol–water partition coefficient (Wildman–Crippen LogP) is 7.04. The van der Waals surface area contributed by atoms with Crippen LogP contribution in [0.5, 0.6) is 11.5 Å². The van der Waals surface area contributed by atoms with Gasteiger partial charge in [-0.05, 0) is 68.3 Å². The minimum absolute atomic E-state index is 0.152. The summed E-state index contributed by atoms with van der Waals surface area (Å²) < 4.78 is 18.2. The summed E-state index contributed by atoms with van der Waals surface area (Å²) in [6, 6.07) is 4.35. The molecule has 0 aromatic heterocycles. The van der Waals surface area contributed by atoms with E-state index in [1.807, 2.05) is 11.8 Å². The fourth-order valence-corrected chi connectivity index (χ4v) is 6.97. The van der Waals surface area contributed by atoms with Gasteiger partial charge in [-0.25, -0.2) is 0 Å². The molecule has 2 unspecified atom stereocenters. The van der Waals surface area contributed by atoms with E-state index in [1.165, 1.54) is 41.7 Å². The first-order valence-electron chi connectivity index (χ1n) is 14.0. The monoisotopic (exact) mass is 515 g/mol. The Bertz CT molecular complexity index is 951. The second kappa shape index (κ2) is 12.4. The molecule has 1 aromatic carbocycles. The molecule has 36 heavy (non-hydrogen) atoms. The van der Waals surface area contributed by atoms with Gasteiger partial charge >= 0.3 is 5.97 Å². The third kappa shape index (κ3) is 6.49. The van der Waals surface area contributed by atoms with Crippen molar-refractivity contribution in [3.05, 3.63) is 28.8 Å². The molecule has 0 spiro atoms. The normalized spacial score (nSPS) is 20.9. The number of carbonyl (C=O) groups is 1. The number of hydrogen-bond donors (Lipinski definition) is 0. The molecule has 3 aliphatic rings. The van der Waals surface area contributed by atoms with Crippen molar-refractivity contribution in [3.8, 4) is 11.5 Å². The quantitative estimate of drug-likeness (QED) is 0.179. The minimum atomic E-state index is -0.333. The summed E-state index contributed by atoms with van der Waals surface area (Å²) >= 11 is 1.87. The third-order valence-electron chi connectivity index (χ3n) is 8.10. The Balaban J connectivity index is 1.55. The predicted molar refractivity (Wildman–Crippen MR) is 149 cm³/mol. The van der Waals surface area contributed by atoms with Crippen LogP contribution in [0.25, 0.3) is 4.91 Å². The Hall–Kier alpha value is -1.50. The van der Waals surface area contributed by atoms with E-state index in [0.29, 0.717) is 24.0 Å². The lowest BCUT2D eigenvalue weighted by molar-refractivity contribution is -0.134. The molecule has 5 nitrogen and oxygen atoms in total. The molecular weight excluding hydrogens is 470 g/mol. The molecule has 0 saturated carbocycles. The Morgan fingerprint density at radius 1 is 1.17 bits per heavy atom. The lowest BCUT2D eigenvalue weighted by atomic mass is 9.83. The number of nitrogens with zero attached hydrogens (tertiary/aromatic N) is 1. The highest BCUT2D eigenvalue weighted by Crippen LogP contribution is 2.55. The van der Waals surface area contributed by atoms with Crippen LogP contribution in [0, 0.1) is 5.92 Å². The van der Waals surface area contributed by atoms with Crippen LogP contribution in [0.3, 0.4) is 0 Å². The minimum Gasteiger partial charge on any atom is -0.483 e. The zero-order valence-electron chi connectivity index (χ0n) is 23.0. The number of morpholine rings is 1. The number of esters is 1. The number of unbranched alkanes of at least 4 members (excludes halogenated alkanes) is 2. The van der Waals surface area contributed by atoms with E-state index in [9.17, 15) is 4.79 Å². The van der Waals surface area contributed by atoms with E-state index < -0.39 is 0 Å². The number of thioether (sulfide) groups is 1. The number of carbonyl (C=O) groups excluding carboxylic acids is 1.